The van der Waals surface area contributed by atoms with Gasteiger partial charge in [-0.3, -0.25) is 9.80 Å². The molecule has 1 aromatic carbocycles. The van der Waals surface area contributed by atoms with Gasteiger partial charge in [0.1, 0.15) is 5.82 Å². The number of anilines is 1. The van der Waals surface area contributed by atoms with Crippen molar-refractivity contribution in [3.63, 3.8) is 0 Å². The fourth-order valence-electron chi connectivity index (χ4n) is 5.56. The van der Waals surface area contributed by atoms with Gasteiger partial charge in [0.25, 0.3) is 0 Å². The Balaban J connectivity index is 1.52. The molecule has 32 heavy (non-hydrogen) atoms. The molecular formula is C27H36FN3O. The van der Waals surface area contributed by atoms with E-state index in [1.54, 1.807) is 17.7 Å². The van der Waals surface area contributed by atoms with Crippen LogP contribution in [0.3, 0.4) is 0 Å². The van der Waals surface area contributed by atoms with Gasteiger partial charge in [-0.25, -0.2) is 4.39 Å². The fraction of sp³-hybridized carbons (Fsp3) is 0.519. The molecule has 1 heterocycles. The van der Waals surface area contributed by atoms with E-state index in [0.717, 1.165) is 37.8 Å². The monoisotopic (exact) mass is 437 g/mol. The molecule has 1 amide bonds. The van der Waals surface area contributed by atoms with Crippen LogP contribution in [0.15, 0.2) is 59.0 Å². The lowest BCUT2D eigenvalue weighted by Gasteiger charge is -2.31. The smallest absolute Gasteiger partial charge is 0.220 e. The number of fused-ring (bicyclic) bond motifs is 1. The number of hydrogen-bond acceptors (Lipinski definition) is 3. The van der Waals surface area contributed by atoms with E-state index in [4.69, 9.17) is 0 Å². The Hall–Kier alpha value is -2.56. The second kappa shape index (κ2) is 9.51. The number of nitrogens with zero attached hydrogens (tertiary/aromatic N) is 1. The molecule has 2 aliphatic carbocycles. The highest BCUT2D eigenvalue weighted by atomic mass is 19.1. The molecule has 5 heteroatoms. The maximum absolute atomic E-state index is 13.4. The highest BCUT2D eigenvalue weighted by Gasteiger charge is 2.38. The fourth-order valence-corrected chi connectivity index (χ4v) is 5.56. The molecule has 0 saturated carbocycles. The standard InChI is InChI=1S/C27H36FN3O/c1-5-6-22(30-26(32)13-17(2)3)14-19-7-8-20-15-25-24(18(4)27(19)20)16-29-31(25)23-11-9-21(28)10-12-23/h9-12,15-19,22,29H,5-8,13-14H2,1-4H3,(H,30,32)/t18-,19+,22?/m0/s1. The van der Waals surface area contributed by atoms with E-state index in [-0.39, 0.29) is 17.8 Å². The molecule has 0 aromatic heterocycles. The van der Waals surface area contributed by atoms with Crippen LogP contribution < -0.4 is 15.8 Å². The summed E-state index contributed by atoms with van der Waals surface area (Å²) in [5.74, 6) is 1.18. The maximum atomic E-state index is 13.4. The van der Waals surface area contributed by atoms with Crippen LogP contribution in [0.4, 0.5) is 10.1 Å². The molecule has 3 aliphatic rings. The van der Waals surface area contributed by atoms with Crippen molar-refractivity contribution >= 4 is 11.6 Å². The zero-order valence-corrected chi connectivity index (χ0v) is 19.7. The largest absolute Gasteiger partial charge is 0.353 e. The van der Waals surface area contributed by atoms with Crippen molar-refractivity contribution in [2.45, 2.75) is 72.3 Å². The van der Waals surface area contributed by atoms with Crippen molar-refractivity contribution < 1.29 is 9.18 Å². The molecule has 0 saturated heterocycles. The Labute approximate surface area is 191 Å². The van der Waals surface area contributed by atoms with Crippen molar-refractivity contribution in [3.8, 4) is 0 Å². The number of carbonyl (C=O) groups excluding carboxylic acids is 1. The van der Waals surface area contributed by atoms with E-state index in [9.17, 15) is 9.18 Å². The summed E-state index contributed by atoms with van der Waals surface area (Å²) in [6.07, 6.45) is 10.4. The Morgan fingerprint density at radius 3 is 2.72 bits per heavy atom. The molecule has 0 fully saturated rings. The van der Waals surface area contributed by atoms with E-state index in [0.29, 0.717) is 24.2 Å². The molecule has 172 valence electrons. The Morgan fingerprint density at radius 1 is 1.28 bits per heavy atom. The number of amides is 1. The van der Waals surface area contributed by atoms with E-state index < -0.39 is 0 Å². The number of hydrazine groups is 1. The number of allylic oxidation sites excluding steroid dienone is 4. The lowest BCUT2D eigenvalue weighted by atomic mass is 9.78. The van der Waals surface area contributed by atoms with Gasteiger partial charge in [-0.05, 0) is 73.4 Å². The molecule has 1 aromatic rings. The number of carbonyl (C=O) groups is 1. The van der Waals surface area contributed by atoms with Crippen LogP contribution in [0, 0.1) is 23.6 Å². The molecule has 0 bridgehead atoms. The quantitative estimate of drug-likeness (QED) is 0.525. The summed E-state index contributed by atoms with van der Waals surface area (Å²) in [7, 11) is 0. The number of halogens is 1. The van der Waals surface area contributed by atoms with E-state index in [1.807, 2.05) is 0 Å². The minimum atomic E-state index is -0.224. The van der Waals surface area contributed by atoms with Gasteiger partial charge in [-0.1, -0.05) is 39.7 Å². The van der Waals surface area contributed by atoms with Gasteiger partial charge in [-0.15, -0.1) is 0 Å². The van der Waals surface area contributed by atoms with Crippen LogP contribution in [0.1, 0.15) is 66.2 Å². The van der Waals surface area contributed by atoms with Gasteiger partial charge in [0.2, 0.25) is 5.91 Å². The Morgan fingerprint density at radius 2 is 2.03 bits per heavy atom. The van der Waals surface area contributed by atoms with E-state index >= 15 is 0 Å². The van der Waals surface area contributed by atoms with Crippen LogP contribution in [0.2, 0.25) is 0 Å². The molecule has 0 spiro atoms. The number of hydrogen-bond donors (Lipinski definition) is 2. The van der Waals surface area contributed by atoms with Gasteiger partial charge < -0.3 is 10.7 Å². The molecule has 4 nitrogen and oxygen atoms in total. The van der Waals surface area contributed by atoms with Crippen molar-refractivity contribution in [3.05, 3.63) is 64.8 Å². The third-order valence-corrected chi connectivity index (χ3v) is 6.95. The SMILES string of the molecule is CCCC(C[C@H]1CCC2=C1[C@@H](C)C1=CNN(c3ccc(F)cc3)C1=C2)NC(=O)CC(C)C. The predicted octanol–water partition coefficient (Wildman–Crippen LogP) is 6.00. The van der Waals surface area contributed by atoms with Crippen molar-refractivity contribution in [2.24, 2.45) is 17.8 Å². The zero-order valence-electron chi connectivity index (χ0n) is 19.7. The van der Waals surface area contributed by atoms with Crippen LogP contribution >= 0.6 is 0 Å². The average Bonchev–Trinajstić information content (AvgIpc) is 3.33. The Bertz CT molecular complexity index is 944. The molecule has 1 aliphatic heterocycles. The van der Waals surface area contributed by atoms with Crippen molar-refractivity contribution in [1.29, 1.82) is 0 Å². The third-order valence-electron chi connectivity index (χ3n) is 6.95. The second-order valence-corrected chi connectivity index (χ2v) is 9.89. The predicted molar refractivity (Wildman–Crippen MR) is 128 cm³/mol. The van der Waals surface area contributed by atoms with Gasteiger partial charge in [0.05, 0.1) is 11.4 Å². The van der Waals surface area contributed by atoms with Gasteiger partial charge in [0.15, 0.2) is 0 Å². The maximum Gasteiger partial charge on any atom is 0.220 e. The van der Waals surface area contributed by atoms with Crippen LogP contribution in [0.5, 0.6) is 0 Å². The molecule has 3 atom stereocenters. The number of rotatable bonds is 8. The first-order valence-electron chi connectivity index (χ1n) is 12.1. The lowest BCUT2D eigenvalue weighted by Crippen LogP contribution is -2.37. The molecular weight excluding hydrogens is 401 g/mol. The number of nitrogens with one attached hydrogen (secondary N) is 2. The topological polar surface area (TPSA) is 44.4 Å². The summed E-state index contributed by atoms with van der Waals surface area (Å²) in [6.45, 7) is 8.68. The minimum absolute atomic E-state index is 0.183. The number of benzene rings is 1. The van der Waals surface area contributed by atoms with Crippen molar-refractivity contribution in [1.82, 2.24) is 10.7 Å². The summed E-state index contributed by atoms with van der Waals surface area (Å²) in [5, 5.41) is 5.37. The first kappa shape index (κ1) is 22.6. The summed E-state index contributed by atoms with van der Waals surface area (Å²) in [6, 6.07) is 6.86. The van der Waals surface area contributed by atoms with Gasteiger partial charge in [-0.2, -0.15) is 0 Å². The highest BCUT2D eigenvalue weighted by Crippen LogP contribution is 2.49. The minimum Gasteiger partial charge on any atom is -0.353 e. The second-order valence-electron chi connectivity index (χ2n) is 9.89. The third kappa shape index (κ3) is 4.62. The van der Waals surface area contributed by atoms with E-state index in [2.05, 4.69) is 55.7 Å². The van der Waals surface area contributed by atoms with Crippen LogP contribution in [-0.2, 0) is 4.79 Å². The highest BCUT2D eigenvalue weighted by molar-refractivity contribution is 5.76. The zero-order chi connectivity index (χ0) is 22.8. The molecule has 4 rings (SSSR count). The van der Waals surface area contributed by atoms with Gasteiger partial charge >= 0.3 is 0 Å². The Kier molecular flexibility index (Phi) is 6.73. The molecule has 2 N–H and O–H groups in total. The van der Waals surface area contributed by atoms with Crippen LogP contribution in [-0.4, -0.2) is 11.9 Å². The average molecular weight is 438 g/mol. The summed E-state index contributed by atoms with van der Waals surface area (Å²) < 4.78 is 13.4. The molecule has 1 unspecified atom stereocenters. The molecule has 0 radical (unpaired) electrons. The first-order chi connectivity index (χ1) is 15.4. The summed E-state index contributed by atoms with van der Waals surface area (Å²) in [4.78, 5) is 12.4. The van der Waals surface area contributed by atoms with Crippen LogP contribution in [0.25, 0.3) is 0 Å². The summed E-state index contributed by atoms with van der Waals surface area (Å²) in [5.41, 5.74) is 9.74. The lowest BCUT2D eigenvalue weighted by molar-refractivity contribution is -0.122. The first-order valence-corrected chi connectivity index (χ1v) is 12.1. The normalized spacial score (nSPS) is 22.9. The van der Waals surface area contributed by atoms with E-state index in [1.165, 1.54) is 29.0 Å². The summed E-state index contributed by atoms with van der Waals surface area (Å²) >= 11 is 0. The van der Waals surface area contributed by atoms with Crippen molar-refractivity contribution in [2.75, 3.05) is 5.01 Å². The van der Waals surface area contributed by atoms with Gasteiger partial charge in [0, 0.05) is 30.2 Å².